The fourth-order valence-electron chi connectivity index (χ4n) is 1.93. The molecule has 1 aromatic carbocycles. The van der Waals surface area contributed by atoms with Crippen LogP contribution in [-0.2, 0) is 0 Å². The Labute approximate surface area is 128 Å². The van der Waals surface area contributed by atoms with Crippen molar-refractivity contribution in [3.8, 4) is 0 Å². The second kappa shape index (κ2) is 5.31. The van der Waals surface area contributed by atoms with Crippen LogP contribution in [0, 0.1) is 5.82 Å². The van der Waals surface area contributed by atoms with Gasteiger partial charge in [-0.3, -0.25) is 9.78 Å². The summed E-state index contributed by atoms with van der Waals surface area (Å²) in [6, 6.07) is 5.92. The van der Waals surface area contributed by atoms with Crippen LogP contribution in [0.25, 0.3) is 10.1 Å². The zero-order valence-corrected chi connectivity index (χ0v) is 12.1. The number of amides is 1. The van der Waals surface area contributed by atoms with Gasteiger partial charge in [-0.1, -0.05) is 17.7 Å². The fourth-order valence-corrected chi connectivity index (χ4v) is 3.12. The van der Waals surface area contributed by atoms with Crippen LogP contribution in [-0.4, -0.2) is 10.9 Å². The molecule has 0 saturated carbocycles. The van der Waals surface area contributed by atoms with Crippen molar-refractivity contribution in [2.24, 2.45) is 0 Å². The number of nitrogens with one attached hydrogen (secondary N) is 1. The Kier molecular flexibility index (Phi) is 3.48. The van der Waals surface area contributed by atoms with E-state index in [9.17, 15) is 9.18 Å². The molecule has 3 rings (SSSR count). The second-order valence-corrected chi connectivity index (χ2v) is 5.73. The number of carbonyl (C=O) groups excluding carboxylic acids is 1. The Morgan fingerprint density at radius 3 is 2.90 bits per heavy atom. The number of anilines is 2. The average Bonchev–Trinajstić information content (AvgIpc) is 2.81. The Hall–Kier alpha value is -2.18. The van der Waals surface area contributed by atoms with Gasteiger partial charge in [0, 0.05) is 17.8 Å². The molecule has 0 aliphatic carbocycles. The number of fused-ring (bicyclic) bond motifs is 1. The number of halogens is 2. The molecule has 7 heteroatoms. The van der Waals surface area contributed by atoms with Crippen LogP contribution in [0.1, 0.15) is 9.67 Å². The minimum Gasteiger partial charge on any atom is -0.397 e. The van der Waals surface area contributed by atoms with Crippen molar-refractivity contribution in [3.05, 3.63) is 52.4 Å². The molecule has 4 nitrogen and oxygen atoms in total. The number of rotatable bonds is 2. The van der Waals surface area contributed by atoms with Crippen LogP contribution >= 0.6 is 22.9 Å². The molecular weight excluding hydrogens is 313 g/mol. The number of thiophene rings is 1. The monoisotopic (exact) mass is 321 g/mol. The summed E-state index contributed by atoms with van der Waals surface area (Å²) in [5.74, 6) is -1.10. The number of nitrogens with two attached hydrogens (primary N) is 1. The van der Waals surface area contributed by atoms with Crippen LogP contribution in [0.15, 0.2) is 36.7 Å². The van der Waals surface area contributed by atoms with Gasteiger partial charge in [0.1, 0.15) is 10.7 Å². The van der Waals surface area contributed by atoms with E-state index in [2.05, 4.69) is 10.3 Å². The summed E-state index contributed by atoms with van der Waals surface area (Å²) in [6.07, 6.45) is 3.23. The normalized spacial score (nSPS) is 10.8. The van der Waals surface area contributed by atoms with Gasteiger partial charge in [-0.05, 0) is 18.2 Å². The molecule has 0 radical (unpaired) electrons. The SMILES string of the molecule is Nc1c(C(=O)Nc2c(F)cccc2Cl)sc2cnccc12. The highest BCUT2D eigenvalue weighted by Gasteiger charge is 2.18. The zero-order valence-electron chi connectivity index (χ0n) is 10.6. The first kappa shape index (κ1) is 13.8. The Morgan fingerprint density at radius 1 is 1.38 bits per heavy atom. The van der Waals surface area contributed by atoms with Gasteiger partial charge < -0.3 is 11.1 Å². The molecule has 0 bridgehead atoms. The van der Waals surface area contributed by atoms with Gasteiger partial charge in [0.2, 0.25) is 0 Å². The molecule has 1 amide bonds. The first-order valence-electron chi connectivity index (χ1n) is 5.95. The number of pyridine rings is 1. The lowest BCUT2D eigenvalue weighted by Crippen LogP contribution is -2.13. The molecule has 3 N–H and O–H groups in total. The van der Waals surface area contributed by atoms with Crippen LogP contribution in [0.2, 0.25) is 5.02 Å². The number of para-hydroxylation sites is 1. The largest absolute Gasteiger partial charge is 0.397 e. The molecular formula is C14H9ClFN3OS. The fraction of sp³-hybridized carbons (Fsp3) is 0. The van der Waals surface area contributed by atoms with E-state index < -0.39 is 11.7 Å². The summed E-state index contributed by atoms with van der Waals surface area (Å²) < 4.78 is 14.5. The van der Waals surface area contributed by atoms with E-state index in [1.54, 1.807) is 18.5 Å². The lowest BCUT2D eigenvalue weighted by molar-refractivity contribution is 0.103. The number of nitrogens with zero attached hydrogens (tertiary/aromatic N) is 1. The van der Waals surface area contributed by atoms with Crippen molar-refractivity contribution < 1.29 is 9.18 Å². The molecule has 0 fully saturated rings. The predicted molar refractivity (Wildman–Crippen MR) is 83.4 cm³/mol. The molecule has 0 saturated heterocycles. The highest BCUT2D eigenvalue weighted by Crippen LogP contribution is 2.34. The zero-order chi connectivity index (χ0) is 15.0. The third-order valence-corrected chi connectivity index (χ3v) is 4.41. The van der Waals surface area contributed by atoms with Gasteiger partial charge in [0.15, 0.2) is 0 Å². The van der Waals surface area contributed by atoms with Crippen LogP contribution in [0.5, 0.6) is 0 Å². The molecule has 0 atom stereocenters. The Morgan fingerprint density at radius 2 is 2.19 bits per heavy atom. The van der Waals surface area contributed by atoms with Gasteiger partial charge in [-0.15, -0.1) is 11.3 Å². The molecule has 0 spiro atoms. The summed E-state index contributed by atoms with van der Waals surface area (Å²) >= 11 is 7.08. The molecule has 21 heavy (non-hydrogen) atoms. The third-order valence-electron chi connectivity index (χ3n) is 2.94. The van der Waals surface area contributed by atoms with E-state index in [4.69, 9.17) is 17.3 Å². The highest BCUT2D eigenvalue weighted by molar-refractivity contribution is 7.21. The molecule has 0 unspecified atom stereocenters. The van der Waals surface area contributed by atoms with Crippen LogP contribution in [0.4, 0.5) is 15.8 Å². The van der Waals surface area contributed by atoms with Gasteiger partial charge in [0.05, 0.1) is 21.1 Å². The van der Waals surface area contributed by atoms with Crippen molar-refractivity contribution in [3.63, 3.8) is 0 Å². The highest BCUT2D eigenvalue weighted by atomic mass is 35.5. The van der Waals surface area contributed by atoms with Gasteiger partial charge in [-0.25, -0.2) is 4.39 Å². The van der Waals surface area contributed by atoms with Crippen LogP contribution in [0.3, 0.4) is 0 Å². The van der Waals surface area contributed by atoms with Crippen molar-refractivity contribution in [1.29, 1.82) is 0 Å². The topological polar surface area (TPSA) is 68.0 Å². The molecule has 0 aliphatic rings. The predicted octanol–water partition coefficient (Wildman–Crippen LogP) is 3.92. The van der Waals surface area contributed by atoms with Crippen molar-refractivity contribution in [2.45, 2.75) is 0 Å². The Balaban J connectivity index is 2.00. The van der Waals surface area contributed by atoms with Gasteiger partial charge in [-0.2, -0.15) is 0 Å². The van der Waals surface area contributed by atoms with Crippen molar-refractivity contribution in [2.75, 3.05) is 11.1 Å². The summed E-state index contributed by atoms with van der Waals surface area (Å²) in [4.78, 5) is 16.6. The molecule has 3 aromatic rings. The number of aromatic nitrogens is 1. The van der Waals surface area contributed by atoms with Gasteiger partial charge in [0.25, 0.3) is 5.91 Å². The second-order valence-electron chi connectivity index (χ2n) is 4.27. The molecule has 2 heterocycles. The van der Waals surface area contributed by atoms with E-state index in [1.807, 2.05) is 0 Å². The summed E-state index contributed by atoms with van der Waals surface area (Å²) in [5.41, 5.74) is 6.26. The lowest BCUT2D eigenvalue weighted by atomic mass is 10.2. The van der Waals surface area contributed by atoms with Crippen molar-refractivity contribution >= 4 is 50.3 Å². The average molecular weight is 322 g/mol. The Bertz CT molecular complexity index is 829. The van der Waals surface area contributed by atoms with E-state index >= 15 is 0 Å². The standard InChI is InChI=1S/C14H9ClFN3OS/c15-8-2-1-3-9(16)12(8)19-14(20)13-11(17)7-4-5-18-6-10(7)21-13/h1-6H,17H2,(H,19,20). The summed E-state index contributed by atoms with van der Waals surface area (Å²) in [6.45, 7) is 0. The summed E-state index contributed by atoms with van der Waals surface area (Å²) in [5, 5.41) is 3.34. The van der Waals surface area contributed by atoms with Crippen molar-refractivity contribution in [1.82, 2.24) is 4.98 Å². The first-order valence-corrected chi connectivity index (χ1v) is 7.14. The number of nitrogen functional groups attached to an aromatic ring is 1. The molecule has 2 aromatic heterocycles. The van der Waals surface area contributed by atoms with E-state index in [-0.39, 0.29) is 10.7 Å². The first-order chi connectivity index (χ1) is 10.1. The lowest BCUT2D eigenvalue weighted by Gasteiger charge is -2.07. The smallest absolute Gasteiger partial charge is 0.268 e. The molecule has 0 aliphatic heterocycles. The number of carbonyl (C=O) groups is 1. The number of hydrogen-bond donors (Lipinski definition) is 2. The minimum atomic E-state index is -0.600. The number of hydrogen-bond acceptors (Lipinski definition) is 4. The van der Waals surface area contributed by atoms with Gasteiger partial charge >= 0.3 is 0 Å². The summed E-state index contributed by atoms with van der Waals surface area (Å²) in [7, 11) is 0. The maximum absolute atomic E-state index is 13.7. The maximum atomic E-state index is 13.7. The minimum absolute atomic E-state index is 0.0563. The molecule has 106 valence electrons. The maximum Gasteiger partial charge on any atom is 0.268 e. The van der Waals surface area contributed by atoms with E-state index in [1.165, 1.54) is 29.5 Å². The quantitative estimate of drug-likeness (QED) is 0.751. The third kappa shape index (κ3) is 2.43. The van der Waals surface area contributed by atoms with E-state index in [0.717, 1.165) is 10.1 Å². The number of benzene rings is 1. The van der Waals surface area contributed by atoms with Crippen LogP contribution < -0.4 is 11.1 Å². The van der Waals surface area contributed by atoms with E-state index in [0.29, 0.717) is 10.6 Å².